The van der Waals surface area contributed by atoms with Crippen LogP contribution in [-0.2, 0) is 0 Å². The lowest BCUT2D eigenvalue weighted by molar-refractivity contribution is 0.397. The van der Waals surface area contributed by atoms with Gasteiger partial charge in [0.25, 0.3) is 0 Å². The molecule has 0 amide bonds. The van der Waals surface area contributed by atoms with Crippen LogP contribution in [0.2, 0.25) is 0 Å². The number of unbranched alkanes of at least 4 members (excludes halogenated alkanes) is 1. The molecular formula is C13H23N. The molecule has 0 atom stereocenters. The van der Waals surface area contributed by atoms with E-state index in [4.69, 9.17) is 0 Å². The van der Waals surface area contributed by atoms with Crippen LogP contribution < -0.4 is 0 Å². The molecule has 0 aromatic rings. The van der Waals surface area contributed by atoms with Crippen LogP contribution in [0, 0.1) is 5.41 Å². The Morgan fingerprint density at radius 3 is 2.43 bits per heavy atom. The van der Waals surface area contributed by atoms with Crippen LogP contribution in [0.4, 0.5) is 0 Å². The van der Waals surface area contributed by atoms with E-state index in [0.29, 0.717) is 5.41 Å². The summed E-state index contributed by atoms with van der Waals surface area (Å²) in [5, 5.41) is 0. The molecule has 0 aromatic carbocycles. The van der Waals surface area contributed by atoms with Crippen molar-refractivity contribution in [3.8, 4) is 0 Å². The van der Waals surface area contributed by atoms with E-state index in [1.807, 2.05) is 0 Å². The first-order chi connectivity index (χ1) is 6.46. The van der Waals surface area contributed by atoms with Crippen molar-refractivity contribution in [2.75, 3.05) is 14.1 Å². The molecule has 1 nitrogen and oxygen atoms in total. The first-order valence-corrected chi connectivity index (χ1v) is 5.56. The standard InChI is InChI=1S/C13H23N/c1-6-7-8-12(14(4)5)11-9-13(2,3)10-11/h8-9H,6-7,10H2,1-5H3. The maximum Gasteiger partial charge on any atom is 0.0350 e. The van der Waals surface area contributed by atoms with E-state index in [-0.39, 0.29) is 0 Å². The summed E-state index contributed by atoms with van der Waals surface area (Å²) in [5.41, 5.74) is 3.37. The predicted octanol–water partition coefficient (Wildman–Crippen LogP) is 3.59. The summed E-state index contributed by atoms with van der Waals surface area (Å²) in [7, 11) is 4.27. The van der Waals surface area contributed by atoms with Gasteiger partial charge in [0, 0.05) is 19.8 Å². The molecule has 1 heteroatoms. The Bertz CT molecular complexity index is 256. The molecule has 14 heavy (non-hydrogen) atoms. The molecule has 1 aliphatic rings. The number of rotatable bonds is 4. The minimum absolute atomic E-state index is 0.427. The van der Waals surface area contributed by atoms with E-state index in [9.17, 15) is 0 Å². The fourth-order valence-corrected chi connectivity index (χ4v) is 1.98. The van der Waals surface area contributed by atoms with Crippen molar-refractivity contribution in [3.63, 3.8) is 0 Å². The summed E-state index contributed by atoms with van der Waals surface area (Å²) < 4.78 is 0. The lowest BCUT2D eigenvalue weighted by Crippen LogP contribution is -2.25. The molecule has 0 saturated carbocycles. The molecule has 0 radical (unpaired) electrons. The Balaban J connectivity index is 2.72. The monoisotopic (exact) mass is 193 g/mol. The van der Waals surface area contributed by atoms with Crippen LogP contribution in [0.5, 0.6) is 0 Å². The summed E-state index contributed by atoms with van der Waals surface area (Å²) in [5.74, 6) is 0. The van der Waals surface area contributed by atoms with Crippen LogP contribution in [-0.4, -0.2) is 19.0 Å². The van der Waals surface area contributed by atoms with E-state index in [1.165, 1.54) is 30.5 Å². The zero-order valence-electron chi connectivity index (χ0n) is 10.2. The maximum absolute atomic E-state index is 2.40. The number of likely N-dealkylation sites (N-methyl/N-ethyl adjacent to an activating group) is 1. The van der Waals surface area contributed by atoms with E-state index in [0.717, 1.165) is 0 Å². The summed E-state index contributed by atoms with van der Waals surface area (Å²) >= 11 is 0. The Hall–Kier alpha value is -0.720. The van der Waals surface area contributed by atoms with Gasteiger partial charge < -0.3 is 4.90 Å². The molecule has 0 fully saturated rings. The molecule has 0 N–H and O–H groups in total. The lowest BCUT2D eigenvalue weighted by atomic mass is 9.73. The van der Waals surface area contributed by atoms with Crippen molar-refractivity contribution in [2.45, 2.75) is 40.0 Å². The molecule has 0 unspecified atom stereocenters. The summed E-state index contributed by atoms with van der Waals surface area (Å²) in [4.78, 5) is 2.23. The van der Waals surface area contributed by atoms with Crippen LogP contribution >= 0.6 is 0 Å². The van der Waals surface area contributed by atoms with Gasteiger partial charge in [-0.1, -0.05) is 39.3 Å². The van der Waals surface area contributed by atoms with Crippen LogP contribution in [0.15, 0.2) is 23.4 Å². The van der Waals surface area contributed by atoms with Crippen molar-refractivity contribution in [1.29, 1.82) is 0 Å². The van der Waals surface area contributed by atoms with Gasteiger partial charge >= 0.3 is 0 Å². The molecular weight excluding hydrogens is 170 g/mol. The van der Waals surface area contributed by atoms with Gasteiger partial charge in [-0.2, -0.15) is 0 Å². The molecule has 0 saturated heterocycles. The predicted molar refractivity (Wildman–Crippen MR) is 63.2 cm³/mol. The number of hydrogen-bond acceptors (Lipinski definition) is 1. The van der Waals surface area contributed by atoms with Crippen molar-refractivity contribution in [1.82, 2.24) is 4.90 Å². The third-order valence-electron chi connectivity index (χ3n) is 2.65. The molecule has 0 aromatic heterocycles. The van der Waals surface area contributed by atoms with E-state index >= 15 is 0 Å². The lowest BCUT2D eigenvalue weighted by Gasteiger charge is -2.36. The Morgan fingerprint density at radius 1 is 1.50 bits per heavy atom. The SMILES string of the molecule is CCCC=C(C1=CC(C)(C)C1)N(C)C. The van der Waals surface area contributed by atoms with E-state index in [2.05, 4.69) is 51.9 Å². The van der Waals surface area contributed by atoms with Crippen molar-refractivity contribution >= 4 is 0 Å². The normalized spacial score (nSPS) is 20.1. The third kappa shape index (κ3) is 2.63. The molecule has 0 aliphatic heterocycles. The van der Waals surface area contributed by atoms with Crippen LogP contribution in [0.3, 0.4) is 0 Å². The van der Waals surface area contributed by atoms with Crippen LogP contribution in [0.25, 0.3) is 0 Å². The maximum atomic E-state index is 2.40. The number of allylic oxidation sites excluding steroid dienone is 3. The van der Waals surface area contributed by atoms with Gasteiger partial charge in [0.1, 0.15) is 0 Å². The number of nitrogens with zero attached hydrogens (tertiary/aromatic N) is 1. The topological polar surface area (TPSA) is 3.24 Å². The quantitative estimate of drug-likeness (QED) is 0.659. The van der Waals surface area contributed by atoms with Gasteiger partial charge in [0.05, 0.1) is 0 Å². The average molecular weight is 193 g/mol. The summed E-state index contributed by atoms with van der Waals surface area (Å²) in [6, 6.07) is 0. The minimum Gasteiger partial charge on any atom is -0.378 e. The molecule has 0 spiro atoms. The van der Waals surface area contributed by atoms with Crippen molar-refractivity contribution < 1.29 is 0 Å². The third-order valence-corrected chi connectivity index (χ3v) is 2.65. The number of hydrogen-bond donors (Lipinski definition) is 0. The summed E-state index contributed by atoms with van der Waals surface area (Å²) in [6.07, 6.45) is 8.40. The Morgan fingerprint density at radius 2 is 2.07 bits per heavy atom. The second-order valence-electron chi connectivity index (χ2n) is 5.11. The van der Waals surface area contributed by atoms with Gasteiger partial charge in [-0.05, 0) is 23.8 Å². The van der Waals surface area contributed by atoms with Gasteiger partial charge in [-0.3, -0.25) is 0 Å². The highest BCUT2D eigenvalue weighted by Crippen LogP contribution is 2.41. The molecule has 1 rings (SSSR count). The molecule has 1 aliphatic carbocycles. The molecule has 0 heterocycles. The zero-order chi connectivity index (χ0) is 10.8. The highest BCUT2D eigenvalue weighted by atomic mass is 15.1. The van der Waals surface area contributed by atoms with E-state index < -0.39 is 0 Å². The van der Waals surface area contributed by atoms with Crippen molar-refractivity contribution in [3.05, 3.63) is 23.4 Å². The highest BCUT2D eigenvalue weighted by molar-refractivity contribution is 5.38. The minimum atomic E-state index is 0.427. The smallest absolute Gasteiger partial charge is 0.0350 e. The van der Waals surface area contributed by atoms with Gasteiger partial charge in [0.15, 0.2) is 0 Å². The van der Waals surface area contributed by atoms with Gasteiger partial charge in [0.2, 0.25) is 0 Å². The van der Waals surface area contributed by atoms with Gasteiger partial charge in [-0.25, -0.2) is 0 Å². The molecule has 80 valence electrons. The van der Waals surface area contributed by atoms with E-state index in [1.54, 1.807) is 0 Å². The second-order valence-corrected chi connectivity index (χ2v) is 5.11. The first kappa shape index (κ1) is 11.4. The Kier molecular flexibility index (Phi) is 3.41. The zero-order valence-corrected chi connectivity index (χ0v) is 10.2. The van der Waals surface area contributed by atoms with Crippen LogP contribution in [0.1, 0.15) is 40.0 Å². The fourth-order valence-electron chi connectivity index (χ4n) is 1.98. The largest absolute Gasteiger partial charge is 0.378 e. The molecule has 0 bridgehead atoms. The summed E-state index contributed by atoms with van der Waals surface area (Å²) in [6.45, 7) is 6.82. The Labute approximate surface area is 88.5 Å². The van der Waals surface area contributed by atoms with Gasteiger partial charge in [-0.15, -0.1) is 0 Å². The second kappa shape index (κ2) is 4.20. The van der Waals surface area contributed by atoms with Crippen molar-refractivity contribution in [2.24, 2.45) is 5.41 Å². The highest BCUT2D eigenvalue weighted by Gasteiger charge is 2.28. The average Bonchev–Trinajstić information content (AvgIpc) is 2.01. The fraction of sp³-hybridized carbons (Fsp3) is 0.692. The first-order valence-electron chi connectivity index (χ1n) is 5.56.